The highest BCUT2D eigenvalue weighted by Gasteiger charge is 2.09. The van der Waals surface area contributed by atoms with Crippen LogP contribution in [-0.4, -0.2) is 4.98 Å². The van der Waals surface area contributed by atoms with Crippen LogP contribution in [0.2, 0.25) is 10.0 Å². The Morgan fingerprint density at radius 2 is 1.93 bits per heavy atom. The highest BCUT2D eigenvalue weighted by molar-refractivity contribution is 6.40. The molecule has 0 bridgehead atoms. The molecular weight excluding hydrogens is 233 g/mol. The molecule has 2 aromatic rings. The second-order valence-corrected chi connectivity index (χ2v) is 4.02. The summed E-state index contributed by atoms with van der Waals surface area (Å²) in [6.07, 6.45) is 0. The molecule has 78 valence electrons. The molecule has 0 aliphatic heterocycles. The van der Waals surface area contributed by atoms with Crippen molar-refractivity contribution < 1.29 is 0 Å². The molecule has 3 nitrogen and oxygen atoms in total. The quantitative estimate of drug-likeness (QED) is 0.596. The van der Waals surface area contributed by atoms with Gasteiger partial charge in [0, 0.05) is 11.1 Å². The van der Waals surface area contributed by atoms with Crippen LogP contribution in [0.4, 0.5) is 5.69 Å². The van der Waals surface area contributed by atoms with E-state index in [-0.39, 0.29) is 0 Å². The largest absolute Gasteiger partial charge is 0.323 e. The molecule has 2 rings (SSSR count). The second-order valence-electron chi connectivity index (χ2n) is 3.21. The summed E-state index contributed by atoms with van der Waals surface area (Å²) < 4.78 is 0. The number of pyridine rings is 1. The third-order valence-corrected chi connectivity index (χ3v) is 2.76. The summed E-state index contributed by atoms with van der Waals surface area (Å²) in [5.74, 6) is 5.42. The molecule has 1 aromatic carbocycles. The van der Waals surface area contributed by atoms with Gasteiger partial charge in [0.05, 0.1) is 21.2 Å². The first kappa shape index (κ1) is 10.5. The van der Waals surface area contributed by atoms with Crippen molar-refractivity contribution in [2.45, 2.75) is 6.92 Å². The van der Waals surface area contributed by atoms with Gasteiger partial charge in [0.15, 0.2) is 0 Å². The molecule has 0 unspecified atom stereocenters. The van der Waals surface area contributed by atoms with Crippen molar-refractivity contribution in [3.8, 4) is 0 Å². The van der Waals surface area contributed by atoms with Crippen LogP contribution in [0.5, 0.6) is 0 Å². The standard InChI is InChI=1S/C10H9Cl2N3/c1-5-4-8(15-13)9-6(11)2-3-7(12)10(9)14-5/h2-4H,13H2,1H3,(H,14,15). The maximum atomic E-state index is 6.07. The summed E-state index contributed by atoms with van der Waals surface area (Å²) >= 11 is 12.1. The lowest BCUT2D eigenvalue weighted by Gasteiger charge is -2.09. The number of aromatic nitrogens is 1. The smallest absolute Gasteiger partial charge is 0.0927 e. The molecule has 0 spiro atoms. The molecule has 1 aromatic heterocycles. The van der Waals surface area contributed by atoms with Crippen LogP contribution in [0.1, 0.15) is 5.69 Å². The van der Waals surface area contributed by atoms with Gasteiger partial charge in [-0.05, 0) is 25.1 Å². The van der Waals surface area contributed by atoms with E-state index >= 15 is 0 Å². The van der Waals surface area contributed by atoms with Crippen LogP contribution in [-0.2, 0) is 0 Å². The van der Waals surface area contributed by atoms with Gasteiger partial charge in [-0.15, -0.1) is 0 Å². The van der Waals surface area contributed by atoms with Gasteiger partial charge < -0.3 is 5.43 Å². The van der Waals surface area contributed by atoms with Crippen LogP contribution in [0.25, 0.3) is 10.9 Å². The zero-order chi connectivity index (χ0) is 11.0. The summed E-state index contributed by atoms with van der Waals surface area (Å²) in [6.45, 7) is 1.87. The highest BCUT2D eigenvalue weighted by atomic mass is 35.5. The molecule has 1 heterocycles. The molecule has 0 aliphatic carbocycles. The molecule has 3 N–H and O–H groups in total. The Kier molecular flexibility index (Phi) is 2.69. The van der Waals surface area contributed by atoms with E-state index in [1.807, 2.05) is 13.0 Å². The Morgan fingerprint density at radius 3 is 2.60 bits per heavy atom. The van der Waals surface area contributed by atoms with Crippen LogP contribution in [0, 0.1) is 6.92 Å². The van der Waals surface area contributed by atoms with E-state index < -0.39 is 0 Å². The number of anilines is 1. The Balaban J connectivity index is 2.95. The van der Waals surface area contributed by atoms with Gasteiger partial charge in [-0.2, -0.15) is 0 Å². The highest BCUT2D eigenvalue weighted by Crippen LogP contribution is 2.33. The lowest BCUT2D eigenvalue weighted by molar-refractivity contribution is 1.24. The van der Waals surface area contributed by atoms with Gasteiger partial charge >= 0.3 is 0 Å². The molecule has 0 saturated carbocycles. The first-order chi connectivity index (χ1) is 7.13. The number of nitrogens with one attached hydrogen (secondary N) is 1. The van der Waals surface area contributed by atoms with Crippen LogP contribution in [0.15, 0.2) is 18.2 Å². The molecular formula is C10H9Cl2N3. The van der Waals surface area contributed by atoms with Gasteiger partial charge in [-0.1, -0.05) is 23.2 Å². The summed E-state index contributed by atoms with van der Waals surface area (Å²) in [6, 6.07) is 5.27. The number of hydrazine groups is 1. The van der Waals surface area contributed by atoms with E-state index in [0.717, 1.165) is 16.8 Å². The number of fused-ring (bicyclic) bond motifs is 1. The number of nitrogens with zero attached hydrogens (tertiary/aromatic N) is 1. The molecule has 0 fully saturated rings. The summed E-state index contributed by atoms with van der Waals surface area (Å²) in [4.78, 5) is 4.33. The third-order valence-electron chi connectivity index (χ3n) is 2.14. The summed E-state index contributed by atoms with van der Waals surface area (Å²) in [5, 5.41) is 1.89. The fourth-order valence-corrected chi connectivity index (χ4v) is 1.96. The first-order valence-corrected chi connectivity index (χ1v) is 5.11. The number of nitrogens with two attached hydrogens (primary N) is 1. The number of rotatable bonds is 1. The van der Waals surface area contributed by atoms with E-state index in [1.54, 1.807) is 12.1 Å². The van der Waals surface area contributed by atoms with Gasteiger partial charge in [0.25, 0.3) is 0 Å². The lowest BCUT2D eigenvalue weighted by atomic mass is 10.1. The van der Waals surface area contributed by atoms with Crippen LogP contribution < -0.4 is 11.3 Å². The molecule has 0 radical (unpaired) electrons. The number of nitrogen functional groups attached to an aromatic ring is 1. The SMILES string of the molecule is Cc1cc(NN)c2c(Cl)ccc(Cl)c2n1. The van der Waals surface area contributed by atoms with Crippen molar-refractivity contribution in [3.05, 3.63) is 33.9 Å². The maximum Gasteiger partial charge on any atom is 0.0927 e. The molecule has 0 saturated heterocycles. The molecule has 0 amide bonds. The second kappa shape index (κ2) is 3.85. The third kappa shape index (κ3) is 1.74. The zero-order valence-electron chi connectivity index (χ0n) is 8.01. The molecule has 0 atom stereocenters. The predicted molar refractivity (Wildman–Crippen MR) is 64.3 cm³/mol. The van der Waals surface area contributed by atoms with E-state index in [2.05, 4.69) is 10.4 Å². The predicted octanol–water partition coefficient (Wildman–Crippen LogP) is 3.14. The van der Waals surface area contributed by atoms with Crippen molar-refractivity contribution in [1.29, 1.82) is 0 Å². The minimum atomic E-state index is 0.564. The topological polar surface area (TPSA) is 50.9 Å². The van der Waals surface area contributed by atoms with Gasteiger partial charge in [0.1, 0.15) is 0 Å². The van der Waals surface area contributed by atoms with Crippen LogP contribution >= 0.6 is 23.2 Å². The zero-order valence-corrected chi connectivity index (χ0v) is 9.52. The number of halogens is 2. The Hall–Kier alpha value is -1.03. The van der Waals surface area contributed by atoms with Crippen molar-refractivity contribution in [2.75, 3.05) is 5.43 Å². The van der Waals surface area contributed by atoms with Gasteiger partial charge in [-0.3, -0.25) is 10.8 Å². The molecule has 0 aliphatic rings. The van der Waals surface area contributed by atoms with Crippen molar-refractivity contribution in [3.63, 3.8) is 0 Å². The fourth-order valence-electron chi connectivity index (χ4n) is 1.51. The van der Waals surface area contributed by atoms with E-state index in [4.69, 9.17) is 29.0 Å². The number of aryl methyl sites for hydroxylation is 1. The van der Waals surface area contributed by atoms with Crippen LogP contribution in [0.3, 0.4) is 0 Å². The number of hydrogen-bond donors (Lipinski definition) is 2. The molecule has 5 heteroatoms. The summed E-state index contributed by atoms with van der Waals surface area (Å²) in [7, 11) is 0. The minimum absolute atomic E-state index is 0.564. The monoisotopic (exact) mass is 241 g/mol. The van der Waals surface area contributed by atoms with Crippen molar-refractivity contribution in [1.82, 2.24) is 4.98 Å². The normalized spacial score (nSPS) is 10.7. The number of hydrogen-bond acceptors (Lipinski definition) is 3. The van der Waals surface area contributed by atoms with E-state index in [1.165, 1.54) is 0 Å². The maximum absolute atomic E-state index is 6.07. The Morgan fingerprint density at radius 1 is 1.27 bits per heavy atom. The van der Waals surface area contributed by atoms with E-state index in [9.17, 15) is 0 Å². The van der Waals surface area contributed by atoms with E-state index in [0.29, 0.717) is 15.6 Å². The average molecular weight is 242 g/mol. The summed E-state index contributed by atoms with van der Waals surface area (Å²) in [5.41, 5.74) is 4.82. The molecule has 15 heavy (non-hydrogen) atoms. The fraction of sp³-hybridized carbons (Fsp3) is 0.100. The van der Waals surface area contributed by atoms with Gasteiger partial charge in [-0.25, -0.2) is 0 Å². The van der Waals surface area contributed by atoms with Crippen molar-refractivity contribution in [2.24, 2.45) is 5.84 Å². The lowest BCUT2D eigenvalue weighted by Crippen LogP contribution is -2.08. The Bertz CT molecular complexity index is 526. The van der Waals surface area contributed by atoms with Gasteiger partial charge in [0.2, 0.25) is 0 Å². The minimum Gasteiger partial charge on any atom is -0.323 e. The number of benzene rings is 1. The Labute approximate surface area is 97.2 Å². The van der Waals surface area contributed by atoms with Crippen molar-refractivity contribution >= 4 is 39.8 Å². The first-order valence-electron chi connectivity index (χ1n) is 4.35. The average Bonchev–Trinajstić information content (AvgIpc) is 2.22.